The van der Waals surface area contributed by atoms with E-state index in [0.29, 0.717) is 17.0 Å². The molecule has 0 aliphatic carbocycles. The van der Waals surface area contributed by atoms with Gasteiger partial charge in [0.2, 0.25) is 10.0 Å². The minimum atomic E-state index is -3.75. The van der Waals surface area contributed by atoms with Crippen LogP contribution in [-0.4, -0.2) is 27.3 Å². The molecule has 0 aliphatic rings. The highest BCUT2D eigenvalue weighted by Gasteiger charge is 2.16. The minimum Gasteiger partial charge on any atom is -0.468 e. The summed E-state index contributed by atoms with van der Waals surface area (Å²) in [5.41, 5.74) is 1.99. The van der Waals surface area contributed by atoms with Gasteiger partial charge in [-0.3, -0.25) is 9.59 Å². The number of carbonyl (C=O) groups is 2. The number of amides is 2. The topological polar surface area (TPSA) is 118 Å². The van der Waals surface area contributed by atoms with Crippen molar-refractivity contribution in [3.8, 4) is 0 Å². The highest BCUT2D eigenvalue weighted by molar-refractivity contribution is 7.89. The normalized spacial score (nSPS) is 11.1. The first-order chi connectivity index (χ1) is 14.3. The number of aryl methyl sites for hydroxylation is 1. The van der Waals surface area contributed by atoms with E-state index >= 15 is 0 Å². The summed E-state index contributed by atoms with van der Waals surface area (Å²) in [5, 5.41) is 5.28. The number of nitrogens with one attached hydrogen (secondary N) is 3. The molecule has 0 saturated heterocycles. The van der Waals surface area contributed by atoms with Gasteiger partial charge in [-0.15, -0.1) is 0 Å². The van der Waals surface area contributed by atoms with Gasteiger partial charge in [-0.25, -0.2) is 13.1 Å². The highest BCUT2D eigenvalue weighted by Crippen LogP contribution is 2.19. The van der Waals surface area contributed by atoms with E-state index in [0.717, 1.165) is 5.56 Å². The lowest BCUT2D eigenvalue weighted by Gasteiger charge is -2.11. The fourth-order valence-electron chi connectivity index (χ4n) is 2.68. The summed E-state index contributed by atoms with van der Waals surface area (Å²) in [5.74, 6) is -0.189. The molecule has 0 saturated carbocycles. The predicted octanol–water partition coefficient (Wildman–Crippen LogP) is 2.68. The van der Waals surface area contributed by atoms with Crippen molar-refractivity contribution in [1.82, 2.24) is 10.0 Å². The number of anilines is 1. The maximum atomic E-state index is 12.6. The first-order valence-electron chi connectivity index (χ1n) is 9.06. The molecule has 2 amide bonds. The number of hydrogen-bond acceptors (Lipinski definition) is 5. The summed E-state index contributed by atoms with van der Waals surface area (Å²) >= 11 is 0. The second-order valence-electron chi connectivity index (χ2n) is 6.49. The van der Waals surface area contributed by atoms with E-state index < -0.39 is 15.9 Å². The van der Waals surface area contributed by atoms with Crippen molar-refractivity contribution in [2.24, 2.45) is 0 Å². The molecule has 8 nitrogen and oxygen atoms in total. The molecular formula is C21H21N3O5S. The summed E-state index contributed by atoms with van der Waals surface area (Å²) in [6.07, 6.45) is 1.46. The second kappa shape index (κ2) is 8.93. The maximum absolute atomic E-state index is 12.6. The van der Waals surface area contributed by atoms with Crippen LogP contribution in [0.25, 0.3) is 0 Å². The first kappa shape index (κ1) is 21.3. The van der Waals surface area contributed by atoms with E-state index in [1.165, 1.54) is 37.6 Å². The Hall–Kier alpha value is -3.43. The second-order valence-corrected chi connectivity index (χ2v) is 8.26. The van der Waals surface area contributed by atoms with Crippen molar-refractivity contribution in [1.29, 1.82) is 0 Å². The van der Waals surface area contributed by atoms with Crippen LogP contribution in [0, 0.1) is 6.92 Å². The number of benzene rings is 2. The summed E-state index contributed by atoms with van der Waals surface area (Å²) in [6, 6.07) is 13.9. The van der Waals surface area contributed by atoms with Crippen molar-refractivity contribution >= 4 is 27.5 Å². The lowest BCUT2D eigenvalue weighted by atomic mass is 10.1. The number of furan rings is 1. The van der Waals surface area contributed by atoms with Crippen LogP contribution in [0.3, 0.4) is 0 Å². The molecule has 0 radical (unpaired) electrons. The van der Waals surface area contributed by atoms with Crippen LogP contribution in [0.5, 0.6) is 0 Å². The van der Waals surface area contributed by atoms with Gasteiger partial charge in [-0.05, 0) is 61.0 Å². The van der Waals surface area contributed by atoms with Gasteiger partial charge in [0.1, 0.15) is 5.76 Å². The molecule has 1 heterocycles. The molecule has 9 heteroatoms. The van der Waals surface area contributed by atoms with Crippen LogP contribution in [0.15, 0.2) is 70.2 Å². The van der Waals surface area contributed by atoms with Crippen LogP contribution in [0.4, 0.5) is 5.69 Å². The van der Waals surface area contributed by atoms with Crippen LogP contribution in [0.2, 0.25) is 0 Å². The van der Waals surface area contributed by atoms with Crippen molar-refractivity contribution in [2.75, 3.05) is 12.4 Å². The van der Waals surface area contributed by atoms with Gasteiger partial charge in [0.05, 0.1) is 17.7 Å². The van der Waals surface area contributed by atoms with Crippen LogP contribution in [-0.2, 0) is 16.6 Å². The smallest absolute Gasteiger partial charge is 0.255 e. The first-order valence-corrected chi connectivity index (χ1v) is 10.5. The molecule has 2 aromatic carbocycles. The third-order valence-electron chi connectivity index (χ3n) is 4.42. The zero-order chi connectivity index (χ0) is 21.7. The quantitative estimate of drug-likeness (QED) is 0.536. The number of hydrogen-bond donors (Lipinski definition) is 3. The average Bonchev–Trinajstić information content (AvgIpc) is 3.27. The van der Waals surface area contributed by atoms with E-state index in [1.54, 1.807) is 30.3 Å². The van der Waals surface area contributed by atoms with Gasteiger partial charge in [-0.1, -0.05) is 6.07 Å². The molecule has 0 aliphatic heterocycles. The summed E-state index contributed by atoms with van der Waals surface area (Å²) in [4.78, 5) is 24.4. The Bertz CT molecular complexity index is 1150. The van der Waals surface area contributed by atoms with Gasteiger partial charge < -0.3 is 15.1 Å². The molecule has 3 aromatic rings. The predicted molar refractivity (Wildman–Crippen MR) is 112 cm³/mol. The molecule has 1 aromatic heterocycles. The highest BCUT2D eigenvalue weighted by atomic mass is 32.2. The molecule has 30 heavy (non-hydrogen) atoms. The molecular weight excluding hydrogens is 406 g/mol. The molecule has 156 valence electrons. The molecule has 3 rings (SSSR count). The van der Waals surface area contributed by atoms with E-state index in [4.69, 9.17) is 4.42 Å². The molecule has 3 N–H and O–H groups in total. The third kappa shape index (κ3) is 4.94. The standard InChI is InChI=1S/C21H21N3O5S/c1-14-5-6-16(20(25)22-2)12-19(14)24-21(26)15-7-9-18(10-8-15)30(27,28)23-13-17-4-3-11-29-17/h3-12,23H,13H2,1-2H3,(H,22,25)(H,24,26). The van der Waals surface area contributed by atoms with Crippen molar-refractivity contribution in [3.63, 3.8) is 0 Å². The zero-order valence-electron chi connectivity index (χ0n) is 16.4. The Balaban J connectivity index is 1.71. The SMILES string of the molecule is CNC(=O)c1ccc(C)c(NC(=O)c2ccc(S(=O)(=O)NCc3ccco3)cc2)c1. The maximum Gasteiger partial charge on any atom is 0.255 e. The van der Waals surface area contributed by atoms with Crippen molar-refractivity contribution in [2.45, 2.75) is 18.4 Å². The number of rotatable bonds is 7. The van der Waals surface area contributed by atoms with Crippen molar-refractivity contribution < 1.29 is 22.4 Å². The Labute approximate surface area is 174 Å². The summed E-state index contributed by atoms with van der Waals surface area (Å²) < 4.78 is 32.3. The van der Waals surface area contributed by atoms with E-state index in [-0.39, 0.29) is 22.9 Å². The van der Waals surface area contributed by atoms with Crippen molar-refractivity contribution in [3.05, 3.63) is 83.3 Å². The fraction of sp³-hybridized carbons (Fsp3) is 0.143. The summed E-state index contributed by atoms with van der Waals surface area (Å²) in [6.45, 7) is 1.84. The van der Waals surface area contributed by atoms with E-state index in [2.05, 4.69) is 15.4 Å². The Morgan fingerprint density at radius 3 is 2.30 bits per heavy atom. The van der Waals surface area contributed by atoms with Gasteiger partial charge in [0.15, 0.2) is 0 Å². The summed E-state index contributed by atoms with van der Waals surface area (Å²) in [7, 11) is -2.22. The molecule has 0 fully saturated rings. The Kier molecular flexibility index (Phi) is 6.34. The lowest BCUT2D eigenvalue weighted by Crippen LogP contribution is -2.23. The zero-order valence-corrected chi connectivity index (χ0v) is 17.2. The monoisotopic (exact) mass is 427 g/mol. The van der Waals surface area contributed by atoms with Crippen LogP contribution < -0.4 is 15.4 Å². The third-order valence-corrected chi connectivity index (χ3v) is 5.84. The molecule has 0 bridgehead atoms. The largest absolute Gasteiger partial charge is 0.468 e. The van der Waals surface area contributed by atoms with Crippen LogP contribution in [0.1, 0.15) is 32.0 Å². The Morgan fingerprint density at radius 2 is 1.67 bits per heavy atom. The van der Waals surface area contributed by atoms with Gasteiger partial charge in [-0.2, -0.15) is 0 Å². The van der Waals surface area contributed by atoms with Gasteiger partial charge in [0.25, 0.3) is 11.8 Å². The van der Waals surface area contributed by atoms with Gasteiger partial charge in [0, 0.05) is 23.9 Å². The molecule has 0 spiro atoms. The average molecular weight is 427 g/mol. The number of sulfonamides is 1. The van der Waals surface area contributed by atoms with E-state index in [9.17, 15) is 18.0 Å². The minimum absolute atomic E-state index is 0.0263. The van der Waals surface area contributed by atoms with E-state index in [1.807, 2.05) is 6.92 Å². The number of carbonyl (C=O) groups excluding carboxylic acids is 2. The molecule has 0 atom stereocenters. The molecule has 0 unspecified atom stereocenters. The van der Waals surface area contributed by atoms with Gasteiger partial charge >= 0.3 is 0 Å². The lowest BCUT2D eigenvalue weighted by molar-refractivity contribution is 0.0961. The Morgan fingerprint density at radius 1 is 0.967 bits per heavy atom. The fourth-order valence-corrected chi connectivity index (χ4v) is 3.68. The van der Waals surface area contributed by atoms with Crippen LogP contribution >= 0.6 is 0 Å².